The van der Waals surface area contributed by atoms with Gasteiger partial charge in [0.2, 0.25) is 11.3 Å². The van der Waals surface area contributed by atoms with E-state index in [0.29, 0.717) is 10.1 Å². The van der Waals surface area contributed by atoms with Gasteiger partial charge in [-0.05, 0) is 37.1 Å². The number of carbonyl (C=O) groups excluding carboxylic acids is 1. The number of rotatable bonds is 20. The standard InChI is InChI=1S/C41H50ClN3O2S2/c1-3-5-7-9-11-13-15-19-25-44-33-21-17-18-22-35(33)48-37(44)28-31-39(46)38(40(31)47)32(29-43)41-45(26-20-16-14-12-10-8-6-4-2)34-27-30(42)23-24-36(34)49-41/h17-18,21-24,27-28H,3-16,19-20,25-26H2,1-2H3/p+1. The Bertz CT molecular complexity index is 1750. The molecule has 0 saturated heterocycles. The van der Waals surface area contributed by atoms with E-state index in [9.17, 15) is 15.2 Å². The first-order chi connectivity index (χ1) is 24.0. The van der Waals surface area contributed by atoms with Crippen molar-refractivity contribution in [2.75, 3.05) is 11.4 Å². The molecule has 5 rings (SSSR count). The lowest BCUT2D eigenvalue weighted by Crippen LogP contribution is -2.35. The molecule has 2 aliphatic rings. The van der Waals surface area contributed by atoms with Gasteiger partial charge in [0, 0.05) is 35.0 Å². The van der Waals surface area contributed by atoms with Crippen LogP contribution in [0.3, 0.4) is 0 Å². The van der Waals surface area contributed by atoms with Crippen molar-refractivity contribution < 1.29 is 14.5 Å². The van der Waals surface area contributed by atoms with Gasteiger partial charge in [0.1, 0.15) is 16.5 Å². The summed E-state index contributed by atoms with van der Waals surface area (Å²) in [5.74, 6) is -0.369. The summed E-state index contributed by atoms with van der Waals surface area (Å²) in [5.41, 5.74) is 2.73. The fourth-order valence-corrected chi connectivity index (χ4v) is 9.25. The summed E-state index contributed by atoms with van der Waals surface area (Å²) in [6, 6.07) is 16.4. The van der Waals surface area contributed by atoms with Gasteiger partial charge in [-0.15, -0.1) is 0 Å². The lowest BCUT2D eigenvalue weighted by atomic mass is 9.83. The van der Waals surface area contributed by atoms with Crippen molar-refractivity contribution in [2.24, 2.45) is 0 Å². The molecule has 0 spiro atoms. The van der Waals surface area contributed by atoms with Crippen LogP contribution >= 0.6 is 34.7 Å². The molecule has 0 saturated carbocycles. The molecule has 1 N–H and O–H groups in total. The van der Waals surface area contributed by atoms with E-state index in [4.69, 9.17) is 11.6 Å². The summed E-state index contributed by atoms with van der Waals surface area (Å²) in [6.45, 7) is 6.08. The molecule has 3 aromatic rings. The lowest BCUT2D eigenvalue weighted by molar-refractivity contribution is -0.669. The molecule has 1 aromatic heterocycles. The number of ketones is 1. The molecule has 0 unspecified atom stereocenters. The van der Waals surface area contributed by atoms with E-state index >= 15 is 0 Å². The number of para-hydroxylation sites is 1. The number of unbranched alkanes of at least 4 members (excludes halogenated alkanes) is 14. The lowest BCUT2D eigenvalue weighted by Gasteiger charge is -2.25. The summed E-state index contributed by atoms with van der Waals surface area (Å²) < 4.78 is 3.44. The van der Waals surface area contributed by atoms with Gasteiger partial charge in [0.15, 0.2) is 6.54 Å². The molecule has 2 aromatic carbocycles. The molecule has 0 fully saturated rings. The van der Waals surface area contributed by atoms with Crippen LogP contribution in [0.4, 0.5) is 5.69 Å². The number of thiazole rings is 1. The van der Waals surface area contributed by atoms with Gasteiger partial charge in [-0.2, -0.15) is 9.83 Å². The Balaban J connectivity index is 1.35. The maximum Gasteiger partial charge on any atom is 0.263 e. The Kier molecular flexibility index (Phi) is 14.3. The number of aryl methyl sites for hydroxylation is 1. The van der Waals surface area contributed by atoms with Crippen LogP contribution in [0, 0.1) is 11.3 Å². The van der Waals surface area contributed by atoms with Crippen molar-refractivity contribution >= 4 is 62.5 Å². The fourth-order valence-electron chi connectivity index (χ4n) is 6.78. The highest BCUT2D eigenvalue weighted by Gasteiger charge is 2.41. The van der Waals surface area contributed by atoms with Gasteiger partial charge < -0.3 is 10.0 Å². The maximum atomic E-state index is 13.8. The molecule has 1 aliphatic heterocycles. The monoisotopic (exact) mass is 716 g/mol. The highest BCUT2D eigenvalue weighted by Crippen LogP contribution is 2.50. The molecule has 0 bridgehead atoms. The van der Waals surface area contributed by atoms with Crippen LogP contribution in [-0.2, 0) is 11.3 Å². The van der Waals surface area contributed by atoms with E-state index < -0.39 is 0 Å². The highest BCUT2D eigenvalue weighted by atomic mass is 35.5. The number of fused-ring (bicyclic) bond motifs is 2. The van der Waals surface area contributed by atoms with Crippen molar-refractivity contribution in [2.45, 2.75) is 128 Å². The third-order valence-electron chi connectivity index (χ3n) is 9.58. The van der Waals surface area contributed by atoms with Crippen LogP contribution in [0.5, 0.6) is 0 Å². The van der Waals surface area contributed by atoms with Crippen LogP contribution < -0.4 is 9.47 Å². The van der Waals surface area contributed by atoms with Crippen molar-refractivity contribution in [1.82, 2.24) is 0 Å². The zero-order chi connectivity index (χ0) is 34.6. The smallest absolute Gasteiger partial charge is 0.263 e. The van der Waals surface area contributed by atoms with Gasteiger partial charge in [0.05, 0.1) is 27.4 Å². The number of aliphatic hydroxyl groups excluding tert-OH is 1. The minimum atomic E-state index is -0.278. The molecule has 260 valence electrons. The average molecular weight is 717 g/mol. The molecule has 5 nitrogen and oxygen atoms in total. The number of Topliss-reactive ketones (excluding diaryl/α,β-unsaturated/α-hetero) is 1. The summed E-state index contributed by atoms with van der Waals surface area (Å²) in [6.07, 6.45) is 21.5. The molecule has 0 radical (unpaired) electrons. The van der Waals surface area contributed by atoms with Crippen LogP contribution in [0.25, 0.3) is 16.3 Å². The second-order valence-electron chi connectivity index (χ2n) is 13.3. The first-order valence-corrected chi connectivity index (χ1v) is 20.5. The van der Waals surface area contributed by atoms with E-state index in [2.05, 4.69) is 47.6 Å². The predicted molar refractivity (Wildman–Crippen MR) is 207 cm³/mol. The zero-order valence-electron chi connectivity index (χ0n) is 29.2. The molecular formula is C41H51ClN3O2S2+. The summed E-state index contributed by atoms with van der Waals surface area (Å²) in [4.78, 5) is 16.9. The van der Waals surface area contributed by atoms with Crippen molar-refractivity contribution in [3.05, 3.63) is 80.0 Å². The number of hydrogen-bond donors (Lipinski definition) is 1. The van der Waals surface area contributed by atoms with E-state index in [0.717, 1.165) is 58.2 Å². The molecule has 8 heteroatoms. The molecule has 49 heavy (non-hydrogen) atoms. The van der Waals surface area contributed by atoms with Gasteiger partial charge >= 0.3 is 0 Å². The Morgan fingerprint density at radius 3 is 2.18 bits per heavy atom. The van der Waals surface area contributed by atoms with E-state index in [1.165, 1.54) is 95.2 Å². The number of thioether (sulfide) groups is 1. The van der Waals surface area contributed by atoms with Crippen LogP contribution in [0.15, 0.2) is 74.9 Å². The van der Waals surface area contributed by atoms with E-state index in [1.807, 2.05) is 30.3 Å². The molecule has 0 atom stereocenters. The topological polar surface area (TPSA) is 68.2 Å². The number of benzene rings is 2. The number of aliphatic hydroxyl groups is 1. The summed E-state index contributed by atoms with van der Waals surface area (Å²) >= 11 is 9.53. The average Bonchev–Trinajstić information content (AvgIpc) is 3.65. The number of allylic oxidation sites excluding steroid dienone is 3. The van der Waals surface area contributed by atoms with Gasteiger partial charge in [-0.3, -0.25) is 4.79 Å². The van der Waals surface area contributed by atoms with Crippen molar-refractivity contribution in [1.29, 1.82) is 5.26 Å². The van der Waals surface area contributed by atoms with E-state index in [-0.39, 0.29) is 28.3 Å². The number of anilines is 1. The molecule has 0 amide bonds. The van der Waals surface area contributed by atoms with Crippen molar-refractivity contribution in [3.63, 3.8) is 0 Å². The number of halogens is 1. The number of hydrogen-bond acceptors (Lipinski definition) is 6. The second kappa shape index (κ2) is 18.8. The largest absolute Gasteiger partial charge is 0.506 e. The Morgan fingerprint density at radius 1 is 0.898 bits per heavy atom. The third-order valence-corrected chi connectivity index (χ3v) is 12.1. The van der Waals surface area contributed by atoms with Gasteiger partial charge in [0.25, 0.3) is 5.01 Å². The van der Waals surface area contributed by atoms with Crippen LogP contribution in [0.2, 0.25) is 5.02 Å². The normalized spacial score (nSPS) is 16.1. The second-order valence-corrected chi connectivity index (χ2v) is 15.8. The van der Waals surface area contributed by atoms with Crippen LogP contribution in [0.1, 0.15) is 122 Å². The number of nitriles is 1. The number of aromatic nitrogens is 1. The first kappa shape index (κ1) is 37.2. The minimum absolute atomic E-state index is 0.0910. The van der Waals surface area contributed by atoms with Crippen LogP contribution in [-0.4, -0.2) is 17.4 Å². The van der Waals surface area contributed by atoms with E-state index in [1.54, 1.807) is 11.3 Å². The Morgan fingerprint density at radius 2 is 1.53 bits per heavy atom. The number of nitrogens with zero attached hydrogens (tertiary/aromatic N) is 3. The predicted octanol–water partition coefficient (Wildman–Crippen LogP) is 12.2. The molecule has 1 aliphatic carbocycles. The highest BCUT2D eigenvalue weighted by molar-refractivity contribution is 8.03. The SMILES string of the molecule is CCCCCCCCCCN1/C(=C(/C#N)C2=C(O)/C(=C\c3sc4ccccc4[n+]3CCCCCCCCCC)C2=O)Sc2ccc(Cl)cc21. The Hall–Kier alpha value is -3.05. The zero-order valence-corrected chi connectivity index (χ0v) is 31.6. The summed E-state index contributed by atoms with van der Waals surface area (Å²) in [5, 5.41) is 24.1. The van der Waals surface area contributed by atoms with Crippen molar-refractivity contribution in [3.8, 4) is 6.07 Å². The van der Waals surface area contributed by atoms with Gasteiger partial charge in [-0.25, -0.2) is 0 Å². The molecule has 2 heterocycles. The summed E-state index contributed by atoms with van der Waals surface area (Å²) in [7, 11) is 0. The van der Waals surface area contributed by atoms with Gasteiger partial charge in [-0.1, -0.05) is 144 Å². The third kappa shape index (κ3) is 9.20. The quantitative estimate of drug-likeness (QED) is 0.0545. The Labute approximate surface area is 306 Å². The number of carbonyl (C=O) groups is 1. The maximum absolute atomic E-state index is 13.8. The fraction of sp³-hybridized carbons (Fsp3) is 0.488. The molecular weight excluding hydrogens is 666 g/mol. The first-order valence-electron chi connectivity index (χ1n) is 18.5. The minimum Gasteiger partial charge on any atom is -0.506 e.